The predicted octanol–water partition coefficient (Wildman–Crippen LogP) is 3.23. The third kappa shape index (κ3) is 4.40. The molecule has 1 aromatic heterocycles. The maximum absolute atomic E-state index is 4.33. The molecule has 1 atom stereocenters. The molecular formula is C16H23N3S. The topological polar surface area (TPSA) is 28.2 Å². The SMILES string of the molecule is CNC(CCN(C)Cc1cscn1)c1ccc(C)cc1. The fourth-order valence-corrected chi connectivity index (χ4v) is 2.85. The first kappa shape index (κ1) is 15.2. The number of benzene rings is 1. The van der Waals surface area contributed by atoms with Crippen LogP contribution in [0.2, 0.25) is 0 Å². The number of aromatic nitrogens is 1. The van der Waals surface area contributed by atoms with Crippen LogP contribution in [0.1, 0.15) is 29.3 Å². The number of hydrogen-bond donors (Lipinski definition) is 1. The van der Waals surface area contributed by atoms with Gasteiger partial charge >= 0.3 is 0 Å². The van der Waals surface area contributed by atoms with Crippen molar-refractivity contribution in [3.05, 3.63) is 52.0 Å². The highest BCUT2D eigenvalue weighted by molar-refractivity contribution is 7.07. The second-order valence-electron chi connectivity index (χ2n) is 5.26. The number of rotatable bonds is 7. The zero-order valence-electron chi connectivity index (χ0n) is 12.5. The molecule has 108 valence electrons. The van der Waals surface area contributed by atoms with Crippen LogP contribution in [0.25, 0.3) is 0 Å². The first-order valence-electron chi connectivity index (χ1n) is 6.98. The van der Waals surface area contributed by atoms with Crippen LogP contribution in [0.15, 0.2) is 35.2 Å². The maximum Gasteiger partial charge on any atom is 0.0795 e. The Kier molecular flexibility index (Phi) is 5.71. The Labute approximate surface area is 125 Å². The number of nitrogens with zero attached hydrogens (tertiary/aromatic N) is 2. The van der Waals surface area contributed by atoms with Gasteiger partial charge in [0.05, 0.1) is 11.2 Å². The van der Waals surface area contributed by atoms with Gasteiger partial charge in [0.2, 0.25) is 0 Å². The van der Waals surface area contributed by atoms with Crippen LogP contribution in [0.4, 0.5) is 0 Å². The van der Waals surface area contributed by atoms with Crippen LogP contribution in [-0.4, -0.2) is 30.5 Å². The normalized spacial score (nSPS) is 12.8. The summed E-state index contributed by atoms with van der Waals surface area (Å²) >= 11 is 1.66. The van der Waals surface area contributed by atoms with Gasteiger partial charge in [-0.3, -0.25) is 0 Å². The summed E-state index contributed by atoms with van der Waals surface area (Å²) in [5.41, 5.74) is 5.73. The molecule has 4 heteroatoms. The summed E-state index contributed by atoms with van der Waals surface area (Å²) in [4.78, 5) is 6.66. The molecule has 1 unspecified atom stereocenters. The van der Waals surface area contributed by atoms with Crippen molar-refractivity contribution in [3.63, 3.8) is 0 Å². The first-order valence-corrected chi connectivity index (χ1v) is 7.92. The van der Waals surface area contributed by atoms with Crippen molar-refractivity contribution >= 4 is 11.3 Å². The second-order valence-corrected chi connectivity index (χ2v) is 5.98. The maximum atomic E-state index is 4.33. The lowest BCUT2D eigenvalue weighted by Gasteiger charge is -2.21. The molecule has 3 nitrogen and oxygen atoms in total. The van der Waals surface area contributed by atoms with Gasteiger partial charge in [-0.15, -0.1) is 11.3 Å². The smallest absolute Gasteiger partial charge is 0.0795 e. The van der Waals surface area contributed by atoms with Gasteiger partial charge in [-0.1, -0.05) is 29.8 Å². The molecule has 2 rings (SSSR count). The predicted molar refractivity (Wildman–Crippen MR) is 86.0 cm³/mol. The molecule has 0 fully saturated rings. The Morgan fingerprint density at radius 2 is 2.05 bits per heavy atom. The van der Waals surface area contributed by atoms with Gasteiger partial charge in [0.1, 0.15) is 0 Å². The van der Waals surface area contributed by atoms with Crippen LogP contribution in [0, 0.1) is 6.92 Å². The van der Waals surface area contributed by atoms with Crippen LogP contribution < -0.4 is 5.32 Å². The molecule has 1 heterocycles. The average Bonchev–Trinajstić information content (AvgIpc) is 2.94. The Morgan fingerprint density at radius 1 is 1.30 bits per heavy atom. The number of hydrogen-bond acceptors (Lipinski definition) is 4. The van der Waals surface area contributed by atoms with Gasteiger partial charge in [-0.25, -0.2) is 4.98 Å². The summed E-state index contributed by atoms with van der Waals surface area (Å²) in [6.07, 6.45) is 1.10. The van der Waals surface area contributed by atoms with Crippen molar-refractivity contribution in [2.24, 2.45) is 0 Å². The van der Waals surface area contributed by atoms with E-state index in [0.717, 1.165) is 25.2 Å². The van der Waals surface area contributed by atoms with Gasteiger partial charge in [-0.05, 0) is 33.0 Å². The van der Waals surface area contributed by atoms with Crippen molar-refractivity contribution in [1.82, 2.24) is 15.2 Å². The van der Waals surface area contributed by atoms with Gasteiger partial charge < -0.3 is 10.2 Å². The van der Waals surface area contributed by atoms with E-state index in [1.165, 1.54) is 11.1 Å². The van der Waals surface area contributed by atoms with E-state index in [4.69, 9.17) is 0 Å². The zero-order chi connectivity index (χ0) is 14.4. The summed E-state index contributed by atoms with van der Waals surface area (Å²) in [5, 5.41) is 5.53. The Bertz CT molecular complexity index is 493. The summed E-state index contributed by atoms with van der Waals surface area (Å²) in [6, 6.07) is 9.21. The van der Waals surface area contributed by atoms with Crippen molar-refractivity contribution in [2.45, 2.75) is 25.9 Å². The lowest BCUT2D eigenvalue weighted by atomic mass is 10.0. The minimum atomic E-state index is 0.411. The van der Waals surface area contributed by atoms with E-state index >= 15 is 0 Å². The van der Waals surface area contributed by atoms with E-state index in [1.807, 2.05) is 12.6 Å². The van der Waals surface area contributed by atoms with Gasteiger partial charge in [0, 0.05) is 24.5 Å². The largest absolute Gasteiger partial charge is 0.313 e. The standard InChI is InChI=1S/C16H23N3S/c1-13-4-6-14(7-5-13)16(17-2)8-9-19(3)10-15-11-20-12-18-15/h4-7,11-12,16-17H,8-10H2,1-3H3. The van der Waals surface area contributed by atoms with Gasteiger partial charge in [0.15, 0.2) is 0 Å². The fourth-order valence-electron chi connectivity index (χ4n) is 2.30. The molecule has 2 aromatic rings. The lowest BCUT2D eigenvalue weighted by molar-refractivity contribution is 0.301. The quantitative estimate of drug-likeness (QED) is 0.848. The number of nitrogens with one attached hydrogen (secondary N) is 1. The van der Waals surface area contributed by atoms with Crippen LogP contribution in [-0.2, 0) is 6.54 Å². The molecule has 0 saturated carbocycles. The van der Waals surface area contributed by atoms with Crippen LogP contribution in [0.5, 0.6) is 0 Å². The van der Waals surface area contributed by atoms with E-state index in [2.05, 4.69) is 58.8 Å². The molecule has 0 aliphatic rings. The molecular weight excluding hydrogens is 266 g/mol. The van der Waals surface area contributed by atoms with Crippen LogP contribution >= 0.6 is 11.3 Å². The monoisotopic (exact) mass is 289 g/mol. The summed E-state index contributed by atoms with van der Waals surface area (Å²) < 4.78 is 0. The fraction of sp³-hybridized carbons (Fsp3) is 0.438. The molecule has 0 bridgehead atoms. The molecule has 20 heavy (non-hydrogen) atoms. The third-order valence-electron chi connectivity index (χ3n) is 3.54. The molecule has 0 radical (unpaired) electrons. The zero-order valence-corrected chi connectivity index (χ0v) is 13.3. The third-order valence-corrected chi connectivity index (χ3v) is 4.18. The molecule has 0 amide bonds. The van der Waals surface area contributed by atoms with E-state index < -0.39 is 0 Å². The van der Waals surface area contributed by atoms with Crippen molar-refractivity contribution in [3.8, 4) is 0 Å². The summed E-state index contributed by atoms with van der Waals surface area (Å²) in [5.74, 6) is 0. The summed E-state index contributed by atoms with van der Waals surface area (Å²) in [7, 11) is 4.19. The van der Waals surface area contributed by atoms with Crippen molar-refractivity contribution in [2.75, 3.05) is 20.6 Å². The molecule has 0 aliphatic heterocycles. The Morgan fingerprint density at radius 3 is 2.65 bits per heavy atom. The lowest BCUT2D eigenvalue weighted by Crippen LogP contribution is -2.25. The minimum Gasteiger partial charge on any atom is -0.313 e. The number of aryl methyl sites for hydroxylation is 1. The molecule has 0 aliphatic carbocycles. The number of thiazole rings is 1. The van der Waals surface area contributed by atoms with Crippen LogP contribution in [0.3, 0.4) is 0 Å². The van der Waals surface area contributed by atoms with Crippen molar-refractivity contribution in [1.29, 1.82) is 0 Å². The molecule has 0 saturated heterocycles. The van der Waals surface area contributed by atoms with Gasteiger partial charge in [0.25, 0.3) is 0 Å². The Balaban J connectivity index is 1.85. The first-order chi connectivity index (χ1) is 9.69. The molecule has 1 N–H and O–H groups in total. The molecule has 1 aromatic carbocycles. The van der Waals surface area contributed by atoms with Crippen molar-refractivity contribution < 1.29 is 0 Å². The van der Waals surface area contributed by atoms with Gasteiger partial charge in [-0.2, -0.15) is 0 Å². The second kappa shape index (κ2) is 7.53. The highest BCUT2D eigenvalue weighted by atomic mass is 32.1. The molecule has 0 spiro atoms. The highest BCUT2D eigenvalue weighted by Gasteiger charge is 2.10. The highest BCUT2D eigenvalue weighted by Crippen LogP contribution is 2.17. The Hall–Kier alpha value is -1.23. The summed E-state index contributed by atoms with van der Waals surface area (Å²) in [6.45, 7) is 4.10. The van der Waals surface area contributed by atoms with E-state index in [9.17, 15) is 0 Å². The van der Waals surface area contributed by atoms with E-state index in [0.29, 0.717) is 6.04 Å². The van der Waals surface area contributed by atoms with E-state index in [1.54, 1.807) is 11.3 Å². The van der Waals surface area contributed by atoms with E-state index in [-0.39, 0.29) is 0 Å². The minimum absolute atomic E-state index is 0.411. The average molecular weight is 289 g/mol.